The number of alkyl halides is 3. The van der Waals surface area contributed by atoms with Gasteiger partial charge in [-0.05, 0) is 13.1 Å². The van der Waals surface area contributed by atoms with Gasteiger partial charge in [0.1, 0.15) is 0 Å². The number of nitrogens with zero attached hydrogens (tertiary/aromatic N) is 1. The van der Waals surface area contributed by atoms with Crippen LogP contribution in [0.2, 0.25) is 0 Å². The van der Waals surface area contributed by atoms with Crippen molar-refractivity contribution in [2.45, 2.75) is 11.1 Å². The monoisotopic (exact) mass is 386 g/mol. The van der Waals surface area contributed by atoms with Gasteiger partial charge in [0.25, 0.3) is 5.91 Å². The van der Waals surface area contributed by atoms with E-state index < -0.39 is 53.0 Å². The number of halogens is 3. The predicted octanol–water partition coefficient (Wildman–Crippen LogP) is 0.991. The van der Waals surface area contributed by atoms with Crippen LogP contribution in [0, 0.1) is 11.8 Å². The molecule has 134 valence electrons. The van der Waals surface area contributed by atoms with Gasteiger partial charge in [-0.1, -0.05) is 0 Å². The van der Waals surface area contributed by atoms with Gasteiger partial charge in [0.15, 0.2) is 0 Å². The maximum atomic E-state index is 12.9. The number of carbonyl (C=O) groups is 2. The van der Waals surface area contributed by atoms with Gasteiger partial charge in [-0.2, -0.15) is 13.2 Å². The summed E-state index contributed by atoms with van der Waals surface area (Å²) in [5.41, 5.74) is 0. The number of amides is 1. The van der Waals surface area contributed by atoms with Crippen LogP contribution in [0.25, 0.3) is 0 Å². The van der Waals surface area contributed by atoms with Gasteiger partial charge in [0.05, 0.1) is 21.6 Å². The van der Waals surface area contributed by atoms with E-state index in [1.54, 1.807) is 0 Å². The standard InChI is InChI=1S/C12H13F3N2O5S2/c1-16-24(21,22)6-2-9(23-5-6)10(18)17-3-7(11(19)20)8(4-17)12(13,14)15/h2,5,7-8,16H,3-4H2,1H3,(H,19,20)/t7-,8-/m1/s1. The number of carboxylic acids is 1. The molecule has 1 aliphatic heterocycles. The highest BCUT2D eigenvalue weighted by molar-refractivity contribution is 7.89. The molecule has 0 aliphatic carbocycles. The molecule has 1 fully saturated rings. The average Bonchev–Trinajstić information content (AvgIpc) is 3.13. The summed E-state index contributed by atoms with van der Waals surface area (Å²) in [6.07, 6.45) is -4.74. The Morgan fingerprint density at radius 1 is 1.38 bits per heavy atom. The summed E-state index contributed by atoms with van der Waals surface area (Å²) in [7, 11) is -2.60. The van der Waals surface area contributed by atoms with Gasteiger partial charge in [-0.3, -0.25) is 9.59 Å². The van der Waals surface area contributed by atoms with E-state index in [-0.39, 0.29) is 9.77 Å². The van der Waals surface area contributed by atoms with Gasteiger partial charge in [-0.25, -0.2) is 13.1 Å². The number of carboxylic acid groups (broad SMARTS) is 1. The zero-order valence-corrected chi connectivity index (χ0v) is 13.8. The number of nitrogens with one attached hydrogen (secondary N) is 1. The maximum absolute atomic E-state index is 12.9. The molecule has 1 saturated heterocycles. The molecule has 0 spiro atoms. The van der Waals surface area contributed by atoms with E-state index in [1.807, 2.05) is 0 Å². The SMILES string of the molecule is CNS(=O)(=O)c1csc(C(=O)N2C[C@@H](C(F)(F)F)[C@H](C(=O)O)C2)c1. The van der Waals surface area contributed by atoms with Crippen molar-refractivity contribution in [3.8, 4) is 0 Å². The van der Waals surface area contributed by atoms with Gasteiger partial charge < -0.3 is 10.0 Å². The highest BCUT2D eigenvalue weighted by Gasteiger charge is 2.53. The van der Waals surface area contributed by atoms with Crippen molar-refractivity contribution < 1.29 is 36.3 Å². The molecule has 2 heterocycles. The van der Waals surface area contributed by atoms with Gasteiger partial charge in [0.2, 0.25) is 10.0 Å². The minimum atomic E-state index is -4.74. The van der Waals surface area contributed by atoms with E-state index in [1.165, 1.54) is 12.4 Å². The van der Waals surface area contributed by atoms with Crippen molar-refractivity contribution in [2.24, 2.45) is 11.8 Å². The molecular weight excluding hydrogens is 373 g/mol. The van der Waals surface area contributed by atoms with E-state index in [2.05, 4.69) is 4.72 Å². The fourth-order valence-electron chi connectivity index (χ4n) is 2.40. The van der Waals surface area contributed by atoms with Gasteiger partial charge >= 0.3 is 12.1 Å². The van der Waals surface area contributed by atoms with E-state index >= 15 is 0 Å². The molecule has 24 heavy (non-hydrogen) atoms. The minimum absolute atomic E-state index is 0.0733. The number of thiophene rings is 1. The predicted molar refractivity (Wildman–Crippen MR) is 77.1 cm³/mol. The lowest BCUT2D eigenvalue weighted by Gasteiger charge is -2.18. The third-order valence-electron chi connectivity index (χ3n) is 3.71. The first kappa shape index (κ1) is 18.7. The average molecular weight is 386 g/mol. The normalized spacial score (nSPS) is 21.9. The number of carbonyl (C=O) groups excluding carboxylic acids is 1. The lowest BCUT2D eigenvalue weighted by Crippen LogP contribution is -2.34. The Kier molecular flexibility index (Phi) is 4.93. The Labute approximate surface area is 139 Å². The Morgan fingerprint density at radius 2 is 2.00 bits per heavy atom. The number of likely N-dealkylation sites (tertiary alicyclic amines) is 1. The molecule has 2 N–H and O–H groups in total. The second-order valence-electron chi connectivity index (χ2n) is 5.16. The Morgan fingerprint density at radius 3 is 2.46 bits per heavy atom. The van der Waals surface area contributed by atoms with E-state index in [9.17, 15) is 31.2 Å². The molecule has 1 aromatic rings. The van der Waals surface area contributed by atoms with Crippen molar-refractivity contribution in [2.75, 3.05) is 20.1 Å². The fraction of sp³-hybridized carbons (Fsp3) is 0.500. The molecule has 0 unspecified atom stereocenters. The topological polar surface area (TPSA) is 104 Å². The molecular formula is C12H13F3N2O5S2. The molecule has 1 amide bonds. The van der Waals surface area contributed by atoms with Crippen molar-refractivity contribution in [1.29, 1.82) is 0 Å². The van der Waals surface area contributed by atoms with E-state index in [4.69, 9.17) is 5.11 Å². The van der Waals surface area contributed by atoms with Crippen molar-refractivity contribution >= 4 is 33.2 Å². The van der Waals surface area contributed by atoms with Crippen LogP contribution >= 0.6 is 11.3 Å². The van der Waals surface area contributed by atoms with Crippen LogP contribution < -0.4 is 4.72 Å². The smallest absolute Gasteiger partial charge is 0.394 e. The van der Waals surface area contributed by atoms with Crippen LogP contribution in [0.15, 0.2) is 16.3 Å². The van der Waals surface area contributed by atoms with Crippen LogP contribution in [-0.2, 0) is 14.8 Å². The third-order valence-corrected chi connectivity index (χ3v) is 6.17. The van der Waals surface area contributed by atoms with E-state index in [0.29, 0.717) is 0 Å². The lowest BCUT2D eigenvalue weighted by atomic mass is 9.96. The molecule has 2 rings (SSSR count). The van der Waals surface area contributed by atoms with Gasteiger partial charge in [0, 0.05) is 18.5 Å². The number of hydrogen-bond acceptors (Lipinski definition) is 5. The van der Waals surface area contributed by atoms with Crippen LogP contribution in [0.3, 0.4) is 0 Å². The molecule has 2 atom stereocenters. The summed E-state index contributed by atoms with van der Waals surface area (Å²) in [4.78, 5) is 23.8. The van der Waals surface area contributed by atoms with Crippen LogP contribution in [0.5, 0.6) is 0 Å². The molecule has 7 nitrogen and oxygen atoms in total. The summed E-state index contributed by atoms with van der Waals surface area (Å²) in [5.74, 6) is -6.35. The second kappa shape index (κ2) is 6.33. The molecule has 0 saturated carbocycles. The third kappa shape index (κ3) is 3.54. The zero-order valence-electron chi connectivity index (χ0n) is 12.2. The van der Waals surface area contributed by atoms with Crippen molar-refractivity contribution in [3.05, 3.63) is 16.3 Å². The summed E-state index contributed by atoms with van der Waals surface area (Å²) < 4.78 is 64.1. The summed E-state index contributed by atoms with van der Waals surface area (Å²) in [6.45, 7) is -1.35. The summed E-state index contributed by atoms with van der Waals surface area (Å²) in [5, 5.41) is 10.1. The van der Waals surface area contributed by atoms with Crippen LogP contribution in [0.1, 0.15) is 9.67 Å². The molecule has 1 aromatic heterocycles. The molecule has 0 bridgehead atoms. The highest BCUT2D eigenvalue weighted by atomic mass is 32.2. The quantitative estimate of drug-likeness (QED) is 0.803. The number of aliphatic carboxylic acids is 1. The largest absolute Gasteiger partial charge is 0.481 e. The Balaban J connectivity index is 2.24. The fourth-order valence-corrected chi connectivity index (χ4v) is 4.37. The van der Waals surface area contributed by atoms with Gasteiger partial charge in [-0.15, -0.1) is 11.3 Å². The van der Waals surface area contributed by atoms with Crippen LogP contribution in [0.4, 0.5) is 13.2 Å². The van der Waals surface area contributed by atoms with Crippen LogP contribution in [-0.4, -0.2) is 56.6 Å². The molecule has 12 heteroatoms. The highest BCUT2D eigenvalue weighted by Crippen LogP contribution is 2.38. The van der Waals surface area contributed by atoms with E-state index in [0.717, 1.165) is 22.3 Å². The minimum Gasteiger partial charge on any atom is -0.481 e. The zero-order chi connectivity index (χ0) is 18.3. The maximum Gasteiger partial charge on any atom is 0.394 e. The lowest BCUT2D eigenvalue weighted by molar-refractivity contribution is -0.187. The molecule has 0 aromatic carbocycles. The number of sulfonamides is 1. The molecule has 0 radical (unpaired) electrons. The Bertz CT molecular complexity index is 759. The van der Waals surface area contributed by atoms with Crippen molar-refractivity contribution in [1.82, 2.24) is 9.62 Å². The first-order chi connectivity index (χ1) is 11.0. The number of rotatable bonds is 4. The first-order valence-corrected chi connectivity index (χ1v) is 8.94. The Hall–Kier alpha value is -1.66. The number of hydrogen-bond donors (Lipinski definition) is 2. The van der Waals surface area contributed by atoms with Crippen molar-refractivity contribution in [3.63, 3.8) is 0 Å². The second-order valence-corrected chi connectivity index (χ2v) is 7.95. The molecule has 1 aliphatic rings. The summed E-state index contributed by atoms with van der Waals surface area (Å²) >= 11 is 0.766. The summed E-state index contributed by atoms with van der Waals surface area (Å²) in [6, 6.07) is 1.05. The first-order valence-electron chi connectivity index (χ1n) is 6.58.